The Balaban J connectivity index is 4.03. The van der Waals surface area contributed by atoms with Crippen LogP contribution in [0.4, 0.5) is 0 Å². The lowest BCUT2D eigenvalue weighted by atomic mass is 10.1. The van der Waals surface area contributed by atoms with Crippen LogP contribution in [0.3, 0.4) is 0 Å². The molecule has 0 aromatic heterocycles. The fraction of sp³-hybridized carbons (Fsp3) is 0.900. The number of likely N-dealkylation sites (N-methyl/N-ethyl adjacent to an activating group) is 1. The third kappa shape index (κ3) is 4.86. The Kier molecular flexibility index (Phi) is 6.20. The molecule has 0 aliphatic carbocycles. The van der Waals surface area contributed by atoms with Crippen LogP contribution in [0.25, 0.3) is 0 Å². The fourth-order valence-electron chi connectivity index (χ4n) is 1.08. The first kappa shape index (κ1) is 13.8. The van der Waals surface area contributed by atoms with Gasteiger partial charge in [0.2, 0.25) is 0 Å². The highest BCUT2D eigenvalue weighted by molar-refractivity contribution is 7.99. The van der Waals surface area contributed by atoms with Crippen molar-refractivity contribution in [3.8, 4) is 0 Å². The first-order chi connectivity index (χ1) is 6.42. The van der Waals surface area contributed by atoms with E-state index in [2.05, 4.69) is 19.2 Å². The highest BCUT2D eigenvalue weighted by Crippen LogP contribution is 2.16. The van der Waals surface area contributed by atoms with Crippen molar-refractivity contribution < 1.29 is 9.90 Å². The van der Waals surface area contributed by atoms with E-state index < -0.39 is 11.5 Å². The molecule has 1 unspecified atom stereocenters. The molecule has 3 nitrogen and oxygen atoms in total. The first-order valence-electron chi connectivity index (χ1n) is 4.98. The van der Waals surface area contributed by atoms with Gasteiger partial charge in [0.25, 0.3) is 0 Å². The van der Waals surface area contributed by atoms with E-state index in [0.29, 0.717) is 18.2 Å². The fourth-order valence-corrected chi connectivity index (χ4v) is 2.30. The maximum Gasteiger partial charge on any atom is 0.324 e. The van der Waals surface area contributed by atoms with E-state index in [-0.39, 0.29) is 0 Å². The molecule has 4 heteroatoms. The van der Waals surface area contributed by atoms with Gasteiger partial charge in [0.1, 0.15) is 5.54 Å². The molecule has 0 radical (unpaired) electrons. The topological polar surface area (TPSA) is 49.3 Å². The normalized spacial score (nSPS) is 15.5. The van der Waals surface area contributed by atoms with E-state index in [0.717, 1.165) is 5.75 Å². The summed E-state index contributed by atoms with van der Waals surface area (Å²) in [5.74, 6) is 1.47. The number of hydrogen-bond acceptors (Lipinski definition) is 3. The third-order valence-electron chi connectivity index (χ3n) is 1.88. The van der Waals surface area contributed by atoms with Gasteiger partial charge >= 0.3 is 5.97 Å². The number of nitrogens with one attached hydrogen (secondary N) is 1. The number of rotatable bonds is 7. The Hall–Kier alpha value is -0.220. The van der Waals surface area contributed by atoms with Crippen molar-refractivity contribution in [3.63, 3.8) is 0 Å². The van der Waals surface area contributed by atoms with Gasteiger partial charge in [-0.25, -0.2) is 0 Å². The van der Waals surface area contributed by atoms with Gasteiger partial charge in [0, 0.05) is 5.75 Å². The molecule has 0 saturated carbocycles. The summed E-state index contributed by atoms with van der Waals surface area (Å²) in [7, 11) is 0. The average Bonchev–Trinajstić information content (AvgIpc) is 2.03. The quantitative estimate of drug-likeness (QED) is 0.686. The lowest BCUT2D eigenvalue weighted by Crippen LogP contribution is -2.51. The molecule has 14 heavy (non-hydrogen) atoms. The number of carbonyl (C=O) groups is 1. The molecule has 0 spiro atoms. The van der Waals surface area contributed by atoms with Gasteiger partial charge in [0.15, 0.2) is 0 Å². The van der Waals surface area contributed by atoms with Crippen molar-refractivity contribution in [1.82, 2.24) is 5.32 Å². The molecular formula is C10H21NO2S. The van der Waals surface area contributed by atoms with E-state index >= 15 is 0 Å². The van der Waals surface area contributed by atoms with Gasteiger partial charge in [-0.15, -0.1) is 0 Å². The minimum Gasteiger partial charge on any atom is -0.480 e. The summed E-state index contributed by atoms with van der Waals surface area (Å²) in [4.78, 5) is 11.0. The summed E-state index contributed by atoms with van der Waals surface area (Å²) >= 11 is 1.69. The summed E-state index contributed by atoms with van der Waals surface area (Å²) in [5, 5.41) is 12.1. The molecule has 0 aliphatic heterocycles. The molecule has 0 amide bonds. The maximum absolute atomic E-state index is 11.0. The van der Waals surface area contributed by atoms with Crippen molar-refractivity contribution in [2.24, 2.45) is 5.92 Å². The molecule has 0 aromatic carbocycles. The van der Waals surface area contributed by atoms with Crippen molar-refractivity contribution in [2.45, 2.75) is 33.2 Å². The summed E-state index contributed by atoms with van der Waals surface area (Å²) < 4.78 is 0. The van der Waals surface area contributed by atoms with Gasteiger partial charge < -0.3 is 10.4 Å². The van der Waals surface area contributed by atoms with E-state index in [1.165, 1.54) is 0 Å². The molecule has 84 valence electrons. The largest absolute Gasteiger partial charge is 0.480 e. The second-order valence-corrected chi connectivity index (χ2v) is 5.11. The van der Waals surface area contributed by atoms with Gasteiger partial charge in [0.05, 0.1) is 0 Å². The van der Waals surface area contributed by atoms with E-state index in [9.17, 15) is 4.79 Å². The minimum atomic E-state index is -0.783. The number of thioether (sulfide) groups is 1. The van der Waals surface area contributed by atoms with Crippen LogP contribution in [-0.4, -0.2) is 34.7 Å². The number of carboxylic acids is 1. The van der Waals surface area contributed by atoms with Crippen molar-refractivity contribution in [2.75, 3.05) is 18.1 Å². The van der Waals surface area contributed by atoms with E-state index in [1.807, 2.05) is 6.92 Å². The van der Waals surface area contributed by atoms with Gasteiger partial charge in [-0.05, 0) is 25.1 Å². The van der Waals surface area contributed by atoms with Crippen LogP contribution in [0.5, 0.6) is 0 Å². The molecule has 0 aliphatic rings. The molecule has 0 saturated heterocycles. The second-order valence-electron chi connectivity index (χ2n) is 4.08. The Morgan fingerprint density at radius 3 is 2.50 bits per heavy atom. The van der Waals surface area contributed by atoms with Crippen LogP contribution in [0, 0.1) is 5.92 Å². The van der Waals surface area contributed by atoms with Crippen LogP contribution in [-0.2, 0) is 4.79 Å². The molecule has 0 heterocycles. The van der Waals surface area contributed by atoms with Crippen LogP contribution in [0.15, 0.2) is 0 Å². The zero-order valence-corrected chi connectivity index (χ0v) is 10.3. The zero-order chi connectivity index (χ0) is 11.2. The highest BCUT2D eigenvalue weighted by atomic mass is 32.2. The highest BCUT2D eigenvalue weighted by Gasteiger charge is 2.31. The van der Waals surface area contributed by atoms with Crippen LogP contribution >= 0.6 is 11.8 Å². The predicted octanol–water partition coefficient (Wildman–Crippen LogP) is 1.83. The van der Waals surface area contributed by atoms with Crippen molar-refractivity contribution in [3.05, 3.63) is 0 Å². The molecule has 0 aromatic rings. The Bertz CT molecular complexity index is 185. The van der Waals surface area contributed by atoms with Crippen LogP contribution in [0.2, 0.25) is 0 Å². The van der Waals surface area contributed by atoms with Crippen LogP contribution in [0.1, 0.15) is 27.7 Å². The summed E-state index contributed by atoms with van der Waals surface area (Å²) in [5.41, 5.74) is -0.783. The van der Waals surface area contributed by atoms with Crippen molar-refractivity contribution in [1.29, 1.82) is 0 Å². The molecular weight excluding hydrogens is 198 g/mol. The number of hydrogen-bond donors (Lipinski definition) is 2. The van der Waals surface area contributed by atoms with Gasteiger partial charge in [-0.3, -0.25) is 4.79 Å². The van der Waals surface area contributed by atoms with Gasteiger partial charge in [-0.1, -0.05) is 20.8 Å². The minimum absolute atomic E-state index is 0.611. The number of carboxylic acid groups (broad SMARTS) is 1. The maximum atomic E-state index is 11.0. The first-order valence-corrected chi connectivity index (χ1v) is 6.14. The van der Waals surface area contributed by atoms with Gasteiger partial charge in [-0.2, -0.15) is 11.8 Å². The Morgan fingerprint density at radius 1 is 1.57 bits per heavy atom. The summed E-state index contributed by atoms with van der Waals surface area (Å²) in [6, 6.07) is 0. The lowest BCUT2D eigenvalue weighted by molar-refractivity contribution is -0.143. The Labute approximate surface area is 90.7 Å². The summed E-state index contributed by atoms with van der Waals surface area (Å²) in [6.07, 6.45) is 0. The SMILES string of the molecule is CCNC(C)(CSCC(C)C)C(=O)O. The van der Waals surface area contributed by atoms with E-state index in [1.54, 1.807) is 18.7 Å². The predicted molar refractivity (Wildman–Crippen MR) is 61.9 cm³/mol. The molecule has 1 atom stereocenters. The third-order valence-corrected chi connectivity index (χ3v) is 3.56. The average molecular weight is 219 g/mol. The van der Waals surface area contributed by atoms with Crippen LogP contribution < -0.4 is 5.32 Å². The second kappa shape index (κ2) is 6.30. The Morgan fingerprint density at radius 2 is 2.14 bits per heavy atom. The molecule has 0 bridgehead atoms. The number of aliphatic carboxylic acids is 1. The smallest absolute Gasteiger partial charge is 0.324 e. The molecule has 0 rings (SSSR count). The van der Waals surface area contributed by atoms with E-state index in [4.69, 9.17) is 5.11 Å². The zero-order valence-electron chi connectivity index (χ0n) is 9.46. The summed E-state index contributed by atoms with van der Waals surface area (Å²) in [6.45, 7) is 8.63. The monoisotopic (exact) mass is 219 g/mol. The molecule has 0 fully saturated rings. The molecule has 2 N–H and O–H groups in total. The standard InChI is InChI=1S/C10H21NO2S/c1-5-11-10(4,9(12)13)7-14-6-8(2)3/h8,11H,5-7H2,1-4H3,(H,12,13). The van der Waals surface area contributed by atoms with Crippen molar-refractivity contribution >= 4 is 17.7 Å². The lowest BCUT2D eigenvalue weighted by Gasteiger charge is -2.25.